The molecule has 0 fully saturated rings. The van der Waals surface area contributed by atoms with Gasteiger partial charge in [-0.05, 0) is 24.5 Å². The monoisotopic (exact) mass is 336 g/mol. The molecule has 0 aliphatic heterocycles. The zero-order valence-corrected chi connectivity index (χ0v) is 14.2. The second-order valence-electron chi connectivity index (χ2n) is 5.26. The van der Waals surface area contributed by atoms with Gasteiger partial charge in [0.05, 0.1) is 10.7 Å². The maximum Gasteiger partial charge on any atom is 0.216 e. The Labute approximate surface area is 139 Å². The number of amides is 1. The highest BCUT2D eigenvalue weighted by Crippen LogP contribution is 2.24. The van der Waals surface area contributed by atoms with Crippen molar-refractivity contribution in [2.24, 2.45) is 0 Å². The van der Waals surface area contributed by atoms with Crippen LogP contribution >= 0.6 is 11.3 Å². The molecule has 4 nitrogen and oxygen atoms in total. The summed E-state index contributed by atoms with van der Waals surface area (Å²) >= 11 is 1.59. The van der Waals surface area contributed by atoms with Crippen LogP contribution in [0.25, 0.3) is 11.3 Å². The summed E-state index contributed by atoms with van der Waals surface area (Å²) in [6.45, 7) is 2.60. The van der Waals surface area contributed by atoms with E-state index in [9.17, 15) is 9.18 Å². The van der Waals surface area contributed by atoms with Crippen molar-refractivity contribution in [3.05, 3.63) is 40.0 Å². The van der Waals surface area contributed by atoms with Crippen molar-refractivity contribution in [1.82, 2.24) is 10.3 Å². The van der Waals surface area contributed by atoms with Gasteiger partial charge in [-0.25, -0.2) is 9.37 Å². The first-order valence-corrected chi connectivity index (χ1v) is 8.44. The molecule has 0 saturated carbocycles. The number of nitrogens with one attached hydrogen (secondary N) is 1. The maximum absolute atomic E-state index is 14.2. The number of aryl methyl sites for hydroxylation is 1. The molecule has 1 N–H and O–H groups in total. The summed E-state index contributed by atoms with van der Waals surface area (Å²) < 4.78 is 19.2. The van der Waals surface area contributed by atoms with Gasteiger partial charge in [-0.3, -0.25) is 4.79 Å². The summed E-state index contributed by atoms with van der Waals surface area (Å²) in [5.41, 5.74) is 2.17. The van der Waals surface area contributed by atoms with Gasteiger partial charge in [0.15, 0.2) is 0 Å². The Morgan fingerprint density at radius 1 is 1.39 bits per heavy atom. The largest absolute Gasteiger partial charge is 0.385 e. The summed E-state index contributed by atoms with van der Waals surface area (Å²) in [5.74, 6) is -0.368. The van der Waals surface area contributed by atoms with Crippen LogP contribution in [-0.4, -0.2) is 31.2 Å². The number of carbonyl (C=O) groups excluding carboxylic acids is 1. The van der Waals surface area contributed by atoms with E-state index < -0.39 is 0 Å². The van der Waals surface area contributed by atoms with Crippen LogP contribution in [0.1, 0.15) is 23.9 Å². The topological polar surface area (TPSA) is 51.2 Å². The van der Waals surface area contributed by atoms with E-state index in [1.807, 2.05) is 11.4 Å². The van der Waals surface area contributed by atoms with Gasteiger partial charge in [-0.2, -0.15) is 0 Å². The summed E-state index contributed by atoms with van der Waals surface area (Å²) in [4.78, 5) is 15.4. The Hall–Kier alpha value is -1.79. The number of halogens is 1. The number of benzene rings is 1. The minimum absolute atomic E-state index is 0.106. The number of methoxy groups -OCH3 is 1. The number of hydrogen-bond donors (Lipinski definition) is 1. The molecule has 0 atom stereocenters. The third-order valence-electron chi connectivity index (χ3n) is 3.41. The molecule has 0 aliphatic rings. The van der Waals surface area contributed by atoms with Crippen LogP contribution in [-0.2, 0) is 22.4 Å². The molecule has 0 bridgehead atoms. The number of nitrogens with zero attached hydrogens (tertiary/aromatic N) is 1. The second-order valence-corrected chi connectivity index (χ2v) is 6.20. The van der Waals surface area contributed by atoms with Crippen molar-refractivity contribution in [1.29, 1.82) is 0 Å². The lowest BCUT2D eigenvalue weighted by Crippen LogP contribution is -2.22. The van der Waals surface area contributed by atoms with E-state index in [4.69, 9.17) is 4.74 Å². The lowest BCUT2D eigenvalue weighted by atomic mass is 10.1. The molecule has 2 aromatic rings. The average molecular weight is 336 g/mol. The van der Waals surface area contributed by atoms with Crippen molar-refractivity contribution >= 4 is 17.2 Å². The number of hydrogen-bond acceptors (Lipinski definition) is 4. The average Bonchev–Trinajstić information content (AvgIpc) is 2.98. The Balaban J connectivity index is 2.00. The summed E-state index contributed by atoms with van der Waals surface area (Å²) in [5, 5.41) is 5.66. The van der Waals surface area contributed by atoms with Gasteiger partial charge < -0.3 is 10.1 Å². The summed E-state index contributed by atoms with van der Waals surface area (Å²) in [6, 6.07) is 5.15. The van der Waals surface area contributed by atoms with Gasteiger partial charge in [0.2, 0.25) is 5.91 Å². The molecule has 23 heavy (non-hydrogen) atoms. The fourth-order valence-electron chi connectivity index (χ4n) is 2.21. The Morgan fingerprint density at radius 3 is 2.91 bits per heavy atom. The molecule has 6 heteroatoms. The fourth-order valence-corrected chi connectivity index (χ4v) is 3.06. The molecular weight excluding hydrogens is 315 g/mol. The van der Waals surface area contributed by atoms with Gasteiger partial charge in [0, 0.05) is 44.5 Å². The van der Waals surface area contributed by atoms with E-state index >= 15 is 0 Å². The number of aromatic nitrogens is 1. The predicted molar refractivity (Wildman–Crippen MR) is 90.1 cm³/mol. The minimum Gasteiger partial charge on any atom is -0.385 e. The molecule has 1 aromatic heterocycles. The summed E-state index contributed by atoms with van der Waals surface area (Å²) in [6.07, 6.45) is 2.28. The molecule has 1 aromatic carbocycles. The van der Waals surface area contributed by atoms with Gasteiger partial charge in [0.25, 0.3) is 0 Å². The molecule has 124 valence electrons. The predicted octanol–water partition coefficient (Wildman–Crippen LogP) is 3.21. The number of carbonyl (C=O) groups is 1. The highest BCUT2D eigenvalue weighted by atomic mass is 32.1. The first-order valence-electron chi connectivity index (χ1n) is 7.56. The molecule has 0 aliphatic carbocycles. The van der Waals surface area contributed by atoms with Gasteiger partial charge in [0.1, 0.15) is 5.82 Å². The maximum atomic E-state index is 14.2. The van der Waals surface area contributed by atoms with E-state index in [0.29, 0.717) is 25.1 Å². The van der Waals surface area contributed by atoms with E-state index in [1.165, 1.54) is 13.0 Å². The number of ether oxygens (including phenoxy) is 1. The highest BCUT2D eigenvalue weighted by molar-refractivity contribution is 7.09. The van der Waals surface area contributed by atoms with Crippen LogP contribution < -0.4 is 5.32 Å². The standard InChI is InChI=1S/C17H21FN2O2S/c1-12(21)19-8-7-13-5-6-14(10-15(13)18)16-11-23-17(20-16)4-3-9-22-2/h5-6,10-11H,3-4,7-9H2,1-2H3,(H,19,21). The number of rotatable bonds is 8. The fraction of sp³-hybridized carbons (Fsp3) is 0.412. The van der Waals surface area contributed by atoms with Crippen molar-refractivity contribution in [2.75, 3.05) is 20.3 Å². The van der Waals surface area contributed by atoms with Crippen LogP contribution in [0.2, 0.25) is 0 Å². The van der Waals surface area contributed by atoms with Crippen LogP contribution in [0.3, 0.4) is 0 Å². The van der Waals surface area contributed by atoms with E-state index in [1.54, 1.807) is 24.5 Å². The Bertz CT molecular complexity index is 658. The van der Waals surface area contributed by atoms with Gasteiger partial charge in [-0.1, -0.05) is 12.1 Å². The van der Waals surface area contributed by atoms with Crippen LogP contribution in [0.15, 0.2) is 23.6 Å². The molecule has 0 saturated heterocycles. The molecular formula is C17H21FN2O2S. The van der Waals surface area contributed by atoms with E-state index in [0.717, 1.165) is 29.1 Å². The van der Waals surface area contributed by atoms with Gasteiger partial charge in [-0.15, -0.1) is 11.3 Å². The molecule has 1 amide bonds. The SMILES string of the molecule is COCCCc1nc(-c2ccc(CCNC(C)=O)c(F)c2)cs1. The van der Waals surface area contributed by atoms with Crippen LogP contribution in [0, 0.1) is 5.82 Å². The second kappa shape index (κ2) is 8.74. The normalized spacial score (nSPS) is 10.7. The van der Waals surface area contributed by atoms with Crippen molar-refractivity contribution in [2.45, 2.75) is 26.2 Å². The van der Waals surface area contributed by atoms with Crippen LogP contribution in [0.4, 0.5) is 4.39 Å². The van der Waals surface area contributed by atoms with Gasteiger partial charge >= 0.3 is 0 Å². The first-order chi connectivity index (χ1) is 11.1. The Morgan fingerprint density at radius 2 is 2.22 bits per heavy atom. The summed E-state index contributed by atoms with van der Waals surface area (Å²) in [7, 11) is 1.68. The quantitative estimate of drug-likeness (QED) is 0.753. The molecule has 0 unspecified atom stereocenters. The minimum atomic E-state index is -0.262. The molecule has 1 heterocycles. The van der Waals surface area contributed by atoms with E-state index in [2.05, 4.69) is 10.3 Å². The number of thiazole rings is 1. The zero-order chi connectivity index (χ0) is 16.7. The lowest BCUT2D eigenvalue weighted by Gasteiger charge is -2.06. The smallest absolute Gasteiger partial charge is 0.216 e. The lowest BCUT2D eigenvalue weighted by molar-refractivity contribution is -0.118. The third kappa shape index (κ3) is 5.41. The van der Waals surface area contributed by atoms with Crippen molar-refractivity contribution in [3.8, 4) is 11.3 Å². The molecule has 0 spiro atoms. The first kappa shape index (κ1) is 17.6. The molecule has 0 radical (unpaired) electrons. The highest BCUT2D eigenvalue weighted by Gasteiger charge is 2.09. The van der Waals surface area contributed by atoms with Crippen molar-refractivity contribution < 1.29 is 13.9 Å². The van der Waals surface area contributed by atoms with E-state index in [-0.39, 0.29) is 11.7 Å². The Kier molecular flexibility index (Phi) is 6.67. The zero-order valence-electron chi connectivity index (χ0n) is 13.4. The van der Waals surface area contributed by atoms with Crippen LogP contribution in [0.5, 0.6) is 0 Å². The third-order valence-corrected chi connectivity index (χ3v) is 4.32. The van der Waals surface area contributed by atoms with Crippen molar-refractivity contribution in [3.63, 3.8) is 0 Å². The molecule has 2 rings (SSSR count).